The number of hydrogen-bond donors (Lipinski definition) is 1. The molecule has 7 heteroatoms. The fourth-order valence-electron chi connectivity index (χ4n) is 5.15. The van der Waals surface area contributed by atoms with Crippen LogP contribution in [0.4, 0.5) is 10.1 Å². The lowest BCUT2D eigenvalue weighted by atomic mass is 9.82. The molecule has 0 radical (unpaired) electrons. The second-order valence-corrected chi connectivity index (χ2v) is 10.2. The highest BCUT2D eigenvalue weighted by Crippen LogP contribution is 2.47. The number of nitrogens with zero attached hydrogens (tertiary/aromatic N) is 2. The van der Waals surface area contributed by atoms with Crippen LogP contribution in [-0.4, -0.2) is 23.0 Å². The Morgan fingerprint density at radius 3 is 2.47 bits per heavy atom. The van der Waals surface area contributed by atoms with E-state index in [1.807, 2.05) is 62.4 Å². The number of carbonyl (C=O) groups excluding carboxylic acids is 2. The average Bonchev–Trinajstić information content (AvgIpc) is 3.62. The van der Waals surface area contributed by atoms with Crippen molar-refractivity contribution in [3.8, 4) is 11.3 Å². The van der Waals surface area contributed by atoms with Gasteiger partial charge in [-0.15, -0.1) is 0 Å². The number of nitrogens with one attached hydrogen (secondary N) is 1. The number of halogens is 1. The predicted molar refractivity (Wildman–Crippen MR) is 135 cm³/mol. The van der Waals surface area contributed by atoms with E-state index in [0.717, 1.165) is 29.4 Å². The third kappa shape index (κ3) is 3.66. The lowest BCUT2D eigenvalue weighted by Gasteiger charge is -2.30. The first kappa shape index (κ1) is 22.5. The van der Waals surface area contributed by atoms with Gasteiger partial charge in [0.15, 0.2) is 5.58 Å². The van der Waals surface area contributed by atoms with Crippen LogP contribution >= 0.6 is 0 Å². The molecule has 1 aliphatic carbocycles. The Balaban J connectivity index is 1.43. The van der Waals surface area contributed by atoms with Gasteiger partial charge >= 0.3 is 0 Å². The quantitative estimate of drug-likeness (QED) is 0.398. The zero-order valence-corrected chi connectivity index (χ0v) is 20.1. The molecule has 2 aliphatic rings. The Labute approximate surface area is 208 Å². The Morgan fingerprint density at radius 2 is 1.78 bits per heavy atom. The summed E-state index contributed by atoms with van der Waals surface area (Å²) in [7, 11) is 0. The fraction of sp³-hybridized carbons (Fsp3) is 0.276. The van der Waals surface area contributed by atoms with Gasteiger partial charge in [0, 0.05) is 28.6 Å². The molecule has 2 heterocycles. The van der Waals surface area contributed by atoms with Crippen LogP contribution in [0.2, 0.25) is 0 Å². The number of carbonyl (C=O) groups is 2. The number of aromatic nitrogens is 1. The lowest BCUT2D eigenvalue weighted by Crippen LogP contribution is -2.46. The van der Waals surface area contributed by atoms with Gasteiger partial charge in [-0.1, -0.05) is 35.5 Å². The van der Waals surface area contributed by atoms with Gasteiger partial charge < -0.3 is 14.7 Å². The number of rotatable bonds is 5. The molecule has 3 aromatic carbocycles. The molecular formula is C29H26FN3O3. The van der Waals surface area contributed by atoms with E-state index in [-0.39, 0.29) is 29.6 Å². The van der Waals surface area contributed by atoms with Crippen LogP contribution in [0.1, 0.15) is 38.3 Å². The van der Waals surface area contributed by atoms with E-state index in [4.69, 9.17) is 4.52 Å². The average molecular weight is 484 g/mol. The van der Waals surface area contributed by atoms with Gasteiger partial charge in [0.25, 0.3) is 0 Å². The summed E-state index contributed by atoms with van der Waals surface area (Å²) in [5.41, 5.74) is 2.67. The zero-order valence-electron chi connectivity index (χ0n) is 20.1. The SMILES string of the molecule is CC1(C)C(=O)N(c2ccc3c(-c4ccc(F)cc4)noc3c2)C(c2ccccc2)[C@H]1NC(=O)C1CC1. The topological polar surface area (TPSA) is 75.4 Å². The Morgan fingerprint density at radius 1 is 1.06 bits per heavy atom. The van der Waals surface area contributed by atoms with Gasteiger partial charge in [0.05, 0.1) is 17.5 Å². The predicted octanol–water partition coefficient (Wildman–Crippen LogP) is 5.64. The molecule has 0 bridgehead atoms. The maximum Gasteiger partial charge on any atom is 0.235 e. The largest absolute Gasteiger partial charge is 0.356 e. The van der Waals surface area contributed by atoms with Gasteiger partial charge in [0.2, 0.25) is 11.8 Å². The molecule has 1 N–H and O–H groups in total. The Bertz CT molecular complexity index is 1460. The molecule has 1 aliphatic heterocycles. The third-order valence-electron chi connectivity index (χ3n) is 7.38. The molecule has 0 spiro atoms. The second-order valence-electron chi connectivity index (χ2n) is 10.2. The lowest BCUT2D eigenvalue weighted by molar-refractivity contribution is -0.126. The number of fused-ring (bicyclic) bond motifs is 1. The maximum absolute atomic E-state index is 13.9. The minimum atomic E-state index is -0.819. The molecule has 1 saturated carbocycles. The van der Waals surface area contributed by atoms with Gasteiger partial charge in [-0.3, -0.25) is 9.59 Å². The van der Waals surface area contributed by atoms with Crippen LogP contribution < -0.4 is 10.2 Å². The van der Waals surface area contributed by atoms with E-state index in [0.29, 0.717) is 17.0 Å². The number of hydrogen-bond acceptors (Lipinski definition) is 4. The minimum Gasteiger partial charge on any atom is -0.356 e. The van der Waals surface area contributed by atoms with Crippen LogP contribution in [0, 0.1) is 17.2 Å². The second kappa shape index (κ2) is 8.29. The van der Waals surface area contributed by atoms with Crippen molar-refractivity contribution >= 4 is 28.5 Å². The Hall–Kier alpha value is -4.00. The summed E-state index contributed by atoms with van der Waals surface area (Å²) in [5.74, 6) is -0.343. The summed E-state index contributed by atoms with van der Waals surface area (Å²) in [6, 6.07) is 20.7. The van der Waals surface area contributed by atoms with Crippen LogP contribution in [0.3, 0.4) is 0 Å². The van der Waals surface area contributed by atoms with Crippen LogP contribution in [0.5, 0.6) is 0 Å². The summed E-state index contributed by atoms with van der Waals surface area (Å²) in [5, 5.41) is 8.19. The normalized spacial score (nSPS) is 21.2. The van der Waals surface area contributed by atoms with E-state index >= 15 is 0 Å². The van der Waals surface area contributed by atoms with E-state index in [1.165, 1.54) is 12.1 Å². The van der Waals surface area contributed by atoms with Crippen molar-refractivity contribution in [3.05, 3.63) is 84.2 Å². The van der Waals surface area contributed by atoms with Crippen LogP contribution in [0.25, 0.3) is 22.2 Å². The third-order valence-corrected chi connectivity index (χ3v) is 7.38. The fourth-order valence-corrected chi connectivity index (χ4v) is 5.15. The highest BCUT2D eigenvalue weighted by atomic mass is 19.1. The molecule has 36 heavy (non-hydrogen) atoms. The summed E-state index contributed by atoms with van der Waals surface area (Å²) in [6.07, 6.45) is 1.79. The molecule has 182 valence electrons. The smallest absolute Gasteiger partial charge is 0.235 e. The monoisotopic (exact) mass is 483 g/mol. The maximum atomic E-state index is 13.9. The van der Waals surface area contributed by atoms with E-state index in [2.05, 4.69) is 10.5 Å². The van der Waals surface area contributed by atoms with Crippen molar-refractivity contribution < 1.29 is 18.5 Å². The molecule has 6 nitrogen and oxygen atoms in total. The van der Waals surface area contributed by atoms with E-state index < -0.39 is 11.5 Å². The van der Waals surface area contributed by atoms with Crippen molar-refractivity contribution in [2.45, 2.75) is 38.8 Å². The van der Waals surface area contributed by atoms with Gasteiger partial charge in [-0.25, -0.2) is 4.39 Å². The molecule has 1 unspecified atom stereocenters. The zero-order chi connectivity index (χ0) is 25.0. The van der Waals surface area contributed by atoms with Crippen molar-refractivity contribution in [2.24, 2.45) is 11.3 Å². The molecule has 4 aromatic rings. The summed E-state index contributed by atoms with van der Waals surface area (Å²) in [4.78, 5) is 28.5. The van der Waals surface area contributed by atoms with Crippen LogP contribution in [-0.2, 0) is 9.59 Å². The minimum absolute atomic E-state index is 0.0123. The molecule has 1 aromatic heterocycles. The first-order valence-corrected chi connectivity index (χ1v) is 12.2. The van der Waals surface area contributed by atoms with Crippen molar-refractivity contribution in [1.82, 2.24) is 10.5 Å². The molecule has 2 amide bonds. The molecule has 2 atom stereocenters. The highest BCUT2D eigenvalue weighted by molar-refractivity contribution is 6.04. The number of amides is 2. The van der Waals surface area contributed by atoms with Crippen molar-refractivity contribution in [2.75, 3.05) is 4.90 Å². The van der Waals surface area contributed by atoms with Crippen LogP contribution in [0.15, 0.2) is 77.3 Å². The highest BCUT2D eigenvalue weighted by Gasteiger charge is 2.55. The first-order chi connectivity index (χ1) is 17.3. The summed E-state index contributed by atoms with van der Waals surface area (Å²) in [6.45, 7) is 3.78. The van der Waals surface area contributed by atoms with Crippen molar-refractivity contribution in [1.29, 1.82) is 0 Å². The molecular weight excluding hydrogens is 457 g/mol. The molecule has 6 rings (SSSR count). The standard InChI is InChI=1S/C29H26FN3O3/c1-29(2)26(31-27(34)19-8-9-19)25(18-6-4-3-5-7-18)33(28(29)35)21-14-15-22-23(16-21)36-32-24(22)17-10-12-20(30)13-11-17/h3-7,10-16,19,25-26H,8-9H2,1-2H3,(H,31,34)/t25?,26-/m1/s1. The number of benzene rings is 3. The van der Waals surface area contributed by atoms with E-state index in [1.54, 1.807) is 17.0 Å². The van der Waals surface area contributed by atoms with Gasteiger partial charge in [-0.05, 0) is 68.7 Å². The van der Waals surface area contributed by atoms with Gasteiger partial charge in [-0.2, -0.15) is 0 Å². The van der Waals surface area contributed by atoms with E-state index in [9.17, 15) is 14.0 Å². The summed E-state index contributed by atoms with van der Waals surface area (Å²) >= 11 is 0. The number of anilines is 1. The first-order valence-electron chi connectivity index (χ1n) is 12.2. The van der Waals surface area contributed by atoms with Gasteiger partial charge in [0.1, 0.15) is 11.5 Å². The molecule has 1 saturated heterocycles. The summed E-state index contributed by atoms with van der Waals surface area (Å²) < 4.78 is 19.0. The Kier molecular flexibility index (Phi) is 5.18. The molecule has 2 fully saturated rings. The van der Waals surface area contributed by atoms with Crippen molar-refractivity contribution in [3.63, 3.8) is 0 Å².